The summed E-state index contributed by atoms with van der Waals surface area (Å²) in [4.78, 5) is 13.9. The van der Waals surface area contributed by atoms with Crippen molar-refractivity contribution in [3.8, 4) is 5.75 Å². The van der Waals surface area contributed by atoms with Crippen LogP contribution in [0.4, 0.5) is 0 Å². The Morgan fingerprint density at radius 1 is 1.10 bits per heavy atom. The van der Waals surface area contributed by atoms with Crippen molar-refractivity contribution in [2.75, 3.05) is 7.05 Å². The molecule has 0 aliphatic carbocycles. The lowest BCUT2D eigenvalue weighted by atomic mass is 10.1. The van der Waals surface area contributed by atoms with Crippen molar-refractivity contribution < 1.29 is 9.90 Å². The van der Waals surface area contributed by atoms with Crippen molar-refractivity contribution in [2.45, 2.75) is 19.9 Å². The van der Waals surface area contributed by atoms with E-state index < -0.39 is 0 Å². The molecule has 3 heteroatoms. The number of benzene rings is 2. The average Bonchev–Trinajstić information content (AvgIpc) is 2.38. The van der Waals surface area contributed by atoms with E-state index in [-0.39, 0.29) is 11.7 Å². The molecule has 0 fully saturated rings. The monoisotopic (exact) mass is 269 g/mol. The zero-order valence-electron chi connectivity index (χ0n) is 11.8. The molecule has 0 unspecified atom stereocenters. The van der Waals surface area contributed by atoms with Gasteiger partial charge in [0.15, 0.2) is 0 Å². The van der Waals surface area contributed by atoms with Crippen molar-refractivity contribution >= 4 is 5.91 Å². The maximum atomic E-state index is 12.2. The molecule has 0 bridgehead atoms. The predicted molar refractivity (Wildman–Crippen MR) is 79.5 cm³/mol. The van der Waals surface area contributed by atoms with E-state index >= 15 is 0 Å². The van der Waals surface area contributed by atoms with E-state index in [1.54, 1.807) is 30.1 Å². The van der Waals surface area contributed by atoms with Crippen molar-refractivity contribution in [1.82, 2.24) is 4.90 Å². The number of amides is 1. The minimum absolute atomic E-state index is 0.0390. The fourth-order valence-corrected chi connectivity index (χ4v) is 2.15. The number of nitrogens with zero attached hydrogens (tertiary/aromatic N) is 1. The minimum atomic E-state index is 0.0390. The van der Waals surface area contributed by atoms with Gasteiger partial charge in [-0.05, 0) is 30.2 Å². The molecule has 1 amide bonds. The number of hydrogen-bond donors (Lipinski definition) is 1. The molecule has 0 radical (unpaired) electrons. The highest BCUT2D eigenvalue weighted by Crippen LogP contribution is 2.13. The zero-order valence-corrected chi connectivity index (χ0v) is 11.8. The maximum Gasteiger partial charge on any atom is 0.227 e. The van der Waals surface area contributed by atoms with Crippen molar-refractivity contribution in [1.29, 1.82) is 0 Å². The van der Waals surface area contributed by atoms with Gasteiger partial charge in [0, 0.05) is 13.6 Å². The molecular weight excluding hydrogens is 250 g/mol. The van der Waals surface area contributed by atoms with Gasteiger partial charge in [-0.1, -0.05) is 42.0 Å². The lowest BCUT2D eigenvalue weighted by Crippen LogP contribution is -2.27. The highest BCUT2D eigenvalue weighted by Gasteiger charge is 2.10. The summed E-state index contributed by atoms with van der Waals surface area (Å²) in [6.07, 6.45) is 0.302. The number of rotatable bonds is 4. The quantitative estimate of drug-likeness (QED) is 0.927. The van der Waals surface area contributed by atoms with Gasteiger partial charge < -0.3 is 10.0 Å². The summed E-state index contributed by atoms with van der Waals surface area (Å²) < 4.78 is 0. The number of aryl methyl sites for hydroxylation is 1. The van der Waals surface area contributed by atoms with Gasteiger partial charge in [0.25, 0.3) is 0 Å². The maximum absolute atomic E-state index is 12.2. The van der Waals surface area contributed by atoms with Gasteiger partial charge in [0.2, 0.25) is 5.91 Å². The van der Waals surface area contributed by atoms with Crippen LogP contribution >= 0.6 is 0 Å². The zero-order chi connectivity index (χ0) is 14.5. The molecule has 104 valence electrons. The highest BCUT2D eigenvalue weighted by atomic mass is 16.3. The highest BCUT2D eigenvalue weighted by molar-refractivity contribution is 5.78. The third kappa shape index (κ3) is 3.85. The third-order valence-electron chi connectivity index (χ3n) is 3.19. The molecule has 2 aromatic carbocycles. The van der Waals surface area contributed by atoms with E-state index in [0.717, 1.165) is 11.1 Å². The fraction of sp³-hybridized carbons (Fsp3) is 0.235. The molecule has 0 saturated heterocycles. The summed E-state index contributed by atoms with van der Waals surface area (Å²) >= 11 is 0. The first kappa shape index (κ1) is 14.1. The summed E-state index contributed by atoms with van der Waals surface area (Å²) in [7, 11) is 1.80. The third-order valence-corrected chi connectivity index (χ3v) is 3.19. The molecule has 2 aromatic rings. The normalized spacial score (nSPS) is 10.3. The molecule has 0 heterocycles. The lowest BCUT2D eigenvalue weighted by Gasteiger charge is -2.17. The Morgan fingerprint density at radius 2 is 1.80 bits per heavy atom. The molecular formula is C17H19NO2. The summed E-state index contributed by atoms with van der Waals surface area (Å²) in [6, 6.07) is 15.0. The van der Waals surface area contributed by atoms with E-state index in [1.165, 1.54) is 5.56 Å². The van der Waals surface area contributed by atoms with Gasteiger partial charge in [-0.15, -0.1) is 0 Å². The molecule has 0 aliphatic heterocycles. The van der Waals surface area contributed by atoms with E-state index in [4.69, 9.17) is 0 Å². The second kappa shape index (κ2) is 6.24. The molecule has 0 aromatic heterocycles. The molecule has 0 atom stereocenters. The van der Waals surface area contributed by atoms with Crippen LogP contribution in [-0.2, 0) is 17.8 Å². The fourth-order valence-electron chi connectivity index (χ4n) is 2.15. The number of carbonyl (C=O) groups excluding carboxylic acids is 1. The Hall–Kier alpha value is -2.29. The Balaban J connectivity index is 1.98. The lowest BCUT2D eigenvalue weighted by molar-refractivity contribution is -0.129. The Morgan fingerprint density at radius 3 is 2.50 bits per heavy atom. The van der Waals surface area contributed by atoms with Crippen LogP contribution in [0.15, 0.2) is 48.5 Å². The molecule has 1 N–H and O–H groups in total. The van der Waals surface area contributed by atoms with Crippen LogP contribution in [0.5, 0.6) is 5.75 Å². The molecule has 2 rings (SSSR count). The van der Waals surface area contributed by atoms with Crippen LogP contribution < -0.4 is 0 Å². The van der Waals surface area contributed by atoms with Crippen LogP contribution in [0.1, 0.15) is 16.7 Å². The van der Waals surface area contributed by atoms with Gasteiger partial charge in [-0.3, -0.25) is 4.79 Å². The van der Waals surface area contributed by atoms with Gasteiger partial charge in [-0.2, -0.15) is 0 Å². The van der Waals surface area contributed by atoms with Gasteiger partial charge >= 0.3 is 0 Å². The van der Waals surface area contributed by atoms with Crippen LogP contribution in [0.2, 0.25) is 0 Å². The number of phenols is 1. The van der Waals surface area contributed by atoms with Gasteiger partial charge in [-0.25, -0.2) is 0 Å². The molecule has 0 saturated carbocycles. The van der Waals surface area contributed by atoms with Crippen LogP contribution in [0.25, 0.3) is 0 Å². The number of carbonyl (C=O) groups is 1. The first-order valence-corrected chi connectivity index (χ1v) is 6.62. The molecule has 0 aliphatic rings. The van der Waals surface area contributed by atoms with E-state index in [1.807, 2.05) is 31.2 Å². The summed E-state index contributed by atoms with van der Waals surface area (Å²) in [5, 5.41) is 9.41. The number of likely N-dealkylation sites (N-methyl/N-ethyl adjacent to an activating group) is 1. The Bertz CT molecular complexity index is 607. The van der Waals surface area contributed by atoms with Crippen LogP contribution in [0.3, 0.4) is 0 Å². The summed E-state index contributed by atoms with van der Waals surface area (Å²) in [5.41, 5.74) is 3.14. The second-order valence-electron chi connectivity index (χ2n) is 5.09. The van der Waals surface area contributed by atoms with Gasteiger partial charge in [0.05, 0.1) is 6.42 Å². The Labute approximate surface area is 119 Å². The van der Waals surface area contributed by atoms with E-state index in [2.05, 4.69) is 6.07 Å². The van der Waals surface area contributed by atoms with Crippen molar-refractivity contribution in [3.63, 3.8) is 0 Å². The largest absolute Gasteiger partial charge is 0.508 e. The summed E-state index contributed by atoms with van der Waals surface area (Å²) in [6.45, 7) is 2.64. The van der Waals surface area contributed by atoms with E-state index in [0.29, 0.717) is 13.0 Å². The topological polar surface area (TPSA) is 40.5 Å². The molecule has 20 heavy (non-hydrogen) atoms. The first-order valence-electron chi connectivity index (χ1n) is 6.62. The first-order chi connectivity index (χ1) is 9.54. The summed E-state index contributed by atoms with van der Waals surface area (Å²) in [5.74, 6) is 0.230. The van der Waals surface area contributed by atoms with Gasteiger partial charge in [0.1, 0.15) is 5.75 Å². The number of hydrogen-bond acceptors (Lipinski definition) is 2. The standard InChI is InChI=1S/C17H19NO2/c1-13-5-3-7-15(9-13)12-18(2)17(20)11-14-6-4-8-16(19)10-14/h3-10,19H,11-12H2,1-2H3. The second-order valence-corrected chi connectivity index (χ2v) is 5.09. The van der Waals surface area contributed by atoms with Crippen LogP contribution in [0, 0.1) is 6.92 Å². The van der Waals surface area contributed by atoms with Crippen molar-refractivity contribution in [2.24, 2.45) is 0 Å². The van der Waals surface area contributed by atoms with Crippen molar-refractivity contribution in [3.05, 3.63) is 65.2 Å². The molecule has 3 nitrogen and oxygen atoms in total. The Kier molecular flexibility index (Phi) is 4.41. The smallest absolute Gasteiger partial charge is 0.227 e. The number of aromatic hydroxyl groups is 1. The predicted octanol–water partition coefficient (Wildman–Crippen LogP) is 2.90. The SMILES string of the molecule is Cc1cccc(CN(C)C(=O)Cc2cccc(O)c2)c1. The molecule has 0 spiro atoms. The van der Waals surface area contributed by atoms with E-state index in [9.17, 15) is 9.90 Å². The average molecular weight is 269 g/mol. The number of phenolic OH excluding ortho intramolecular Hbond substituents is 1. The van der Waals surface area contributed by atoms with Crippen LogP contribution in [-0.4, -0.2) is 23.0 Å². The minimum Gasteiger partial charge on any atom is -0.508 e.